The summed E-state index contributed by atoms with van der Waals surface area (Å²) in [6.07, 6.45) is 4.28. The molecule has 0 saturated heterocycles. The van der Waals surface area contributed by atoms with Crippen LogP contribution in [0.3, 0.4) is 0 Å². The van der Waals surface area contributed by atoms with Crippen molar-refractivity contribution >= 4 is 18.2 Å². The van der Waals surface area contributed by atoms with Crippen molar-refractivity contribution in [2.45, 2.75) is 45.6 Å². The molecule has 1 aromatic rings. The molecule has 0 aliphatic carbocycles. The lowest BCUT2D eigenvalue weighted by atomic mass is 9.98. The highest BCUT2D eigenvalue weighted by Crippen LogP contribution is 2.32. The second-order valence-corrected chi connectivity index (χ2v) is 5.04. The summed E-state index contributed by atoms with van der Waals surface area (Å²) in [5, 5.41) is 3.29. The number of ketones is 1. The zero-order chi connectivity index (χ0) is 14.4. The van der Waals surface area contributed by atoms with Crippen LogP contribution >= 0.6 is 12.4 Å². The van der Waals surface area contributed by atoms with Gasteiger partial charge in [-0.15, -0.1) is 12.4 Å². The summed E-state index contributed by atoms with van der Waals surface area (Å²) in [6, 6.07) is 5.31. The van der Waals surface area contributed by atoms with Gasteiger partial charge in [0.2, 0.25) is 6.79 Å². The van der Waals surface area contributed by atoms with E-state index in [9.17, 15) is 4.79 Å². The van der Waals surface area contributed by atoms with Crippen molar-refractivity contribution < 1.29 is 14.3 Å². The van der Waals surface area contributed by atoms with Crippen LogP contribution in [0.5, 0.6) is 11.5 Å². The highest BCUT2D eigenvalue weighted by molar-refractivity contribution is 6.00. The van der Waals surface area contributed by atoms with E-state index in [1.807, 2.05) is 19.1 Å². The van der Waals surface area contributed by atoms with Gasteiger partial charge in [0.1, 0.15) is 0 Å². The lowest BCUT2D eigenvalue weighted by molar-refractivity contribution is 0.0937. The molecule has 1 aliphatic heterocycles. The van der Waals surface area contributed by atoms with Gasteiger partial charge in [0.05, 0.1) is 6.04 Å². The molecule has 1 aromatic carbocycles. The van der Waals surface area contributed by atoms with Crippen LogP contribution in [0.25, 0.3) is 0 Å². The molecular weight excluding hydrogens is 290 g/mol. The Hall–Kier alpha value is -1.26. The first-order valence-electron chi connectivity index (χ1n) is 7.43. The predicted octanol–water partition coefficient (Wildman–Crippen LogP) is 3.58. The van der Waals surface area contributed by atoms with E-state index in [0.29, 0.717) is 17.1 Å². The van der Waals surface area contributed by atoms with Crippen molar-refractivity contribution in [3.63, 3.8) is 0 Å². The van der Waals surface area contributed by atoms with E-state index in [2.05, 4.69) is 12.2 Å². The monoisotopic (exact) mass is 313 g/mol. The Morgan fingerprint density at radius 2 is 2.00 bits per heavy atom. The molecule has 0 spiro atoms. The van der Waals surface area contributed by atoms with Crippen molar-refractivity contribution in [2.75, 3.05) is 13.3 Å². The molecule has 1 unspecified atom stereocenters. The Morgan fingerprint density at radius 1 is 1.24 bits per heavy atom. The van der Waals surface area contributed by atoms with Crippen LogP contribution in [0.1, 0.15) is 49.9 Å². The largest absolute Gasteiger partial charge is 0.454 e. The molecule has 1 heterocycles. The van der Waals surface area contributed by atoms with Crippen LogP contribution in [-0.4, -0.2) is 25.2 Å². The zero-order valence-electron chi connectivity index (χ0n) is 12.7. The molecule has 0 saturated carbocycles. The fraction of sp³-hybridized carbons (Fsp3) is 0.562. The van der Waals surface area contributed by atoms with Crippen molar-refractivity contribution in [2.24, 2.45) is 0 Å². The van der Waals surface area contributed by atoms with Gasteiger partial charge in [0.15, 0.2) is 17.3 Å². The van der Waals surface area contributed by atoms with Crippen molar-refractivity contribution in [1.82, 2.24) is 5.32 Å². The standard InChI is InChI=1S/C16H23NO3.ClH/c1-3-5-6-7-13(17-4-2)16(18)12-8-9-14-15(10-12)20-11-19-14;/h8-10,13,17H,3-7,11H2,1-2H3;1H. The average Bonchev–Trinajstić information content (AvgIpc) is 2.93. The minimum absolute atomic E-state index is 0. The van der Waals surface area contributed by atoms with Crippen molar-refractivity contribution in [1.29, 1.82) is 0 Å². The summed E-state index contributed by atoms with van der Waals surface area (Å²) in [6.45, 7) is 5.23. The number of hydrogen-bond acceptors (Lipinski definition) is 4. The van der Waals surface area contributed by atoms with Crippen LogP contribution in [-0.2, 0) is 0 Å². The van der Waals surface area contributed by atoms with E-state index in [0.717, 1.165) is 32.2 Å². The van der Waals surface area contributed by atoms with E-state index >= 15 is 0 Å². The van der Waals surface area contributed by atoms with Gasteiger partial charge in [-0.1, -0.05) is 33.1 Å². The lowest BCUT2D eigenvalue weighted by Gasteiger charge is -2.16. The van der Waals surface area contributed by atoms with Crippen LogP contribution in [0, 0.1) is 0 Å². The predicted molar refractivity (Wildman–Crippen MR) is 85.8 cm³/mol. The number of carbonyl (C=O) groups is 1. The summed E-state index contributed by atoms with van der Waals surface area (Å²) >= 11 is 0. The molecule has 1 atom stereocenters. The molecule has 0 aromatic heterocycles. The second-order valence-electron chi connectivity index (χ2n) is 5.04. The minimum Gasteiger partial charge on any atom is -0.454 e. The first kappa shape index (κ1) is 17.8. The lowest BCUT2D eigenvalue weighted by Crippen LogP contribution is -2.36. The number of fused-ring (bicyclic) bond motifs is 1. The van der Waals surface area contributed by atoms with Gasteiger partial charge in [0.25, 0.3) is 0 Å². The highest BCUT2D eigenvalue weighted by atomic mass is 35.5. The molecule has 4 nitrogen and oxygen atoms in total. The molecule has 1 N–H and O–H groups in total. The fourth-order valence-corrected chi connectivity index (χ4v) is 2.42. The molecule has 5 heteroatoms. The quantitative estimate of drug-likeness (QED) is 0.588. The molecule has 1 aliphatic rings. The van der Waals surface area contributed by atoms with Gasteiger partial charge in [-0.25, -0.2) is 0 Å². The van der Waals surface area contributed by atoms with Crippen LogP contribution in [0.2, 0.25) is 0 Å². The van der Waals surface area contributed by atoms with Gasteiger partial charge in [0, 0.05) is 5.56 Å². The molecule has 21 heavy (non-hydrogen) atoms. The number of Topliss-reactive ketones (excluding diaryl/α,β-unsaturated/α-hetero) is 1. The first-order valence-corrected chi connectivity index (χ1v) is 7.43. The van der Waals surface area contributed by atoms with Gasteiger partial charge >= 0.3 is 0 Å². The average molecular weight is 314 g/mol. The van der Waals surface area contributed by atoms with Crippen LogP contribution in [0.4, 0.5) is 0 Å². The number of unbranched alkanes of at least 4 members (excludes halogenated alkanes) is 2. The van der Waals surface area contributed by atoms with Gasteiger partial charge in [-0.3, -0.25) is 4.79 Å². The van der Waals surface area contributed by atoms with Crippen molar-refractivity contribution in [3.8, 4) is 11.5 Å². The Morgan fingerprint density at radius 3 is 2.71 bits per heavy atom. The molecule has 2 rings (SSSR count). The third kappa shape index (κ3) is 4.61. The normalized spacial score (nSPS) is 13.6. The second kappa shape index (κ2) is 8.90. The molecule has 0 radical (unpaired) electrons. The number of likely N-dealkylation sites (N-methyl/N-ethyl adjacent to an activating group) is 1. The third-order valence-electron chi connectivity index (χ3n) is 3.52. The third-order valence-corrected chi connectivity index (χ3v) is 3.52. The summed E-state index contributed by atoms with van der Waals surface area (Å²) in [4.78, 5) is 12.6. The Labute approximate surface area is 132 Å². The number of halogens is 1. The molecule has 0 amide bonds. The number of rotatable bonds is 8. The van der Waals surface area contributed by atoms with Crippen LogP contribution in [0.15, 0.2) is 18.2 Å². The number of carbonyl (C=O) groups excluding carboxylic acids is 1. The number of hydrogen-bond donors (Lipinski definition) is 1. The highest BCUT2D eigenvalue weighted by Gasteiger charge is 2.21. The SMILES string of the molecule is CCCCCC(NCC)C(=O)c1ccc2c(c1)OCO2.Cl. The maximum atomic E-state index is 12.6. The number of nitrogens with one attached hydrogen (secondary N) is 1. The maximum absolute atomic E-state index is 12.6. The zero-order valence-corrected chi connectivity index (χ0v) is 13.5. The van der Waals surface area contributed by atoms with E-state index < -0.39 is 0 Å². The molecule has 118 valence electrons. The van der Waals surface area contributed by atoms with E-state index in [4.69, 9.17) is 9.47 Å². The summed E-state index contributed by atoms with van der Waals surface area (Å²) in [5.74, 6) is 1.52. The van der Waals surface area contributed by atoms with E-state index in [1.54, 1.807) is 6.07 Å². The summed E-state index contributed by atoms with van der Waals surface area (Å²) in [5.41, 5.74) is 0.691. The van der Waals surface area contributed by atoms with Gasteiger partial charge < -0.3 is 14.8 Å². The fourth-order valence-electron chi connectivity index (χ4n) is 2.42. The number of ether oxygens (including phenoxy) is 2. The molecule has 0 fully saturated rings. The van der Waals surface area contributed by atoms with Crippen molar-refractivity contribution in [3.05, 3.63) is 23.8 Å². The Bertz CT molecular complexity index is 465. The van der Waals surface area contributed by atoms with Crippen LogP contribution < -0.4 is 14.8 Å². The van der Waals surface area contributed by atoms with Gasteiger partial charge in [-0.05, 0) is 31.2 Å². The molecule has 0 bridgehead atoms. The number of benzene rings is 1. The topological polar surface area (TPSA) is 47.6 Å². The van der Waals surface area contributed by atoms with E-state index in [-0.39, 0.29) is 31.0 Å². The smallest absolute Gasteiger partial charge is 0.231 e. The summed E-state index contributed by atoms with van der Waals surface area (Å²) < 4.78 is 10.6. The molecular formula is C16H24ClNO3. The first-order chi connectivity index (χ1) is 9.76. The summed E-state index contributed by atoms with van der Waals surface area (Å²) in [7, 11) is 0. The maximum Gasteiger partial charge on any atom is 0.231 e. The van der Waals surface area contributed by atoms with Gasteiger partial charge in [-0.2, -0.15) is 0 Å². The Kier molecular flexibility index (Phi) is 7.54. The Balaban J connectivity index is 0.00000220. The van der Waals surface area contributed by atoms with E-state index in [1.165, 1.54) is 0 Å². The minimum atomic E-state index is -0.105.